The molecule has 0 bridgehead atoms. The number of hydrogen-bond donors (Lipinski definition) is 2. The van der Waals surface area contributed by atoms with Crippen LogP contribution in [0.15, 0.2) is 18.2 Å². The Morgan fingerprint density at radius 2 is 2.33 bits per heavy atom. The van der Waals surface area contributed by atoms with Crippen LogP contribution in [0.25, 0.3) is 0 Å². The van der Waals surface area contributed by atoms with E-state index >= 15 is 0 Å². The first-order valence-corrected chi connectivity index (χ1v) is 6.39. The maximum Gasteiger partial charge on any atom is 0.125 e. The molecule has 4 heteroatoms. The van der Waals surface area contributed by atoms with E-state index < -0.39 is 5.60 Å². The Kier molecular flexibility index (Phi) is 3.88. The average Bonchev–Trinajstić information content (AvgIpc) is 2.39. The number of aliphatic hydroxyl groups is 1. The SMILES string of the molecule is CCC1CNCCC1(O)c1cc(F)ccc1OC. The van der Waals surface area contributed by atoms with Crippen LogP contribution in [0.2, 0.25) is 0 Å². The summed E-state index contributed by atoms with van der Waals surface area (Å²) in [7, 11) is 1.54. The minimum Gasteiger partial charge on any atom is -0.496 e. The zero-order chi connectivity index (χ0) is 13.2. The predicted octanol–water partition coefficient (Wildman–Crippen LogP) is 2.04. The van der Waals surface area contributed by atoms with E-state index in [1.54, 1.807) is 13.2 Å². The lowest BCUT2D eigenvalue weighted by molar-refractivity contribution is -0.0496. The lowest BCUT2D eigenvalue weighted by Crippen LogP contribution is -2.48. The van der Waals surface area contributed by atoms with E-state index in [0.29, 0.717) is 17.7 Å². The molecule has 1 aliphatic heterocycles. The van der Waals surface area contributed by atoms with Gasteiger partial charge in [-0.25, -0.2) is 4.39 Å². The molecule has 1 aromatic rings. The van der Waals surface area contributed by atoms with Crippen molar-refractivity contribution in [2.45, 2.75) is 25.4 Å². The van der Waals surface area contributed by atoms with Crippen LogP contribution in [0.3, 0.4) is 0 Å². The Morgan fingerprint density at radius 1 is 1.56 bits per heavy atom. The molecule has 0 radical (unpaired) electrons. The normalized spacial score (nSPS) is 28.1. The summed E-state index contributed by atoms with van der Waals surface area (Å²) in [5, 5.41) is 14.2. The molecule has 0 saturated carbocycles. The molecule has 18 heavy (non-hydrogen) atoms. The van der Waals surface area contributed by atoms with Gasteiger partial charge >= 0.3 is 0 Å². The molecule has 1 heterocycles. The molecular formula is C14H20FNO2. The van der Waals surface area contributed by atoms with Gasteiger partial charge in [0.15, 0.2) is 0 Å². The number of benzene rings is 1. The van der Waals surface area contributed by atoms with Gasteiger partial charge in [0.05, 0.1) is 12.7 Å². The molecule has 1 saturated heterocycles. The molecule has 2 rings (SSSR count). The maximum atomic E-state index is 13.5. The maximum absolute atomic E-state index is 13.5. The third-order valence-electron chi connectivity index (χ3n) is 3.87. The van der Waals surface area contributed by atoms with Gasteiger partial charge in [-0.1, -0.05) is 6.92 Å². The van der Waals surface area contributed by atoms with Crippen LogP contribution >= 0.6 is 0 Å². The molecule has 2 atom stereocenters. The highest BCUT2D eigenvalue weighted by Gasteiger charge is 2.41. The number of rotatable bonds is 3. The molecule has 0 aromatic heterocycles. The van der Waals surface area contributed by atoms with Crippen molar-refractivity contribution in [3.05, 3.63) is 29.6 Å². The Bertz CT molecular complexity index is 424. The summed E-state index contributed by atoms with van der Waals surface area (Å²) in [4.78, 5) is 0. The van der Waals surface area contributed by atoms with Crippen LogP contribution in [0.4, 0.5) is 4.39 Å². The van der Waals surface area contributed by atoms with Gasteiger partial charge in [-0.15, -0.1) is 0 Å². The zero-order valence-electron chi connectivity index (χ0n) is 10.9. The first-order valence-electron chi connectivity index (χ1n) is 6.39. The van der Waals surface area contributed by atoms with E-state index in [0.717, 1.165) is 19.5 Å². The zero-order valence-corrected chi connectivity index (χ0v) is 10.9. The lowest BCUT2D eigenvalue weighted by atomic mass is 9.75. The largest absolute Gasteiger partial charge is 0.496 e. The Morgan fingerprint density at radius 3 is 3.00 bits per heavy atom. The molecule has 100 valence electrons. The highest BCUT2D eigenvalue weighted by atomic mass is 19.1. The monoisotopic (exact) mass is 253 g/mol. The van der Waals surface area contributed by atoms with Crippen molar-refractivity contribution in [1.82, 2.24) is 5.32 Å². The fourth-order valence-electron chi connectivity index (χ4n) is 2.78. The van der Waals surface area contributed by atoms with Crippen molar-refractivity contribution < 1.29 is 14.2 Å². The van der Waals surface area contributed by atoms with E-state index in [1.165, 1.54) is 12.1 Å². The summed E-state index contributed by atoms with van der Waals surface area (Å²) in [5.74, 6) is 0.286. The highest BCUT2D eigenvalue weighted by molar-refractivity contribution is 5.39. The summed E-state index contributed by atoms with van der Waals surface area (Å²) in [6.45, 7) is 3.51. The van der Waals surface area contributed by atoms with Crippen LogP contribution in [0, 0.1) is 11.7 Å². The fraction of sp³-hybridized carbons (Fsp3) is 0.571. The molecule has 0 spiro atoms. The summed E-state index contributed by atoms with van der Waals surface area (Å²) in [6.07, 6.45) is 1.41. The van der Waals surface area contributed by atoms with Gasteiger partial charge in [0.2, 0.25) is 0 Å². The van der Waals surface area contributed by atoms with Gasteiger partial charge in [-0.05, 0) is 37.6 Å². The summed E-state index contributed by atoms with van der Waals surface area (Å²) in [6, 6.07) is 4.33. The van der Waals surface area contributed by atoms with Gasteiger partial charge in [0.25, 0.3) is 0 Å². The van der Waals surface area contributed by atoms with E-state index in [2.05, 4.69) is 5.32 Å². The number of halogens is 1. The summed E-state index contributed by atoms with van der Waals surface area (Å²) < 4.78 is 18.7. The molecule has 1 aliphatic rings. The third kappa shape index (κ3) is 2.22. The second-order valence-electron chi connectivity index (χ2n) is 4.83. The summed E-state index contributed by atoms with van der Waals surface area (Å²) >= 11 is 0. The van der Waals surface area contributed by atoms with Gasteiger partial charge in [0, 0.05) is 18.0 Å². The van der Waals surface area contributed by atoms with Crippen molar-refractivity contribution >= 4 is 0 Å². The fourth-order valence-corrected chi connectivity index (χ4v) is 2.78. The van der Waals surface area contributed by atoms with Crippen LogP contribution in [0.1, 0.15) is 25.3 Å². The molecular weight excluding hydrogens is 233 g/mol. The van der Waals surface area contributed by atoms with Crippen molar-refractivity contribution in [2.24, 2.45) is 5.92 Å². The number of ether oxygens (including phenoxy) is 1. The molecule has 0 aliphatic carbocycles. The van der Waals surface area contributed by atoms with Crippen molar-refractivity contribution in [1.29, 1.82) is 0 Å². The molecule has 1 aromatic carbocycles. The summed E-state index contributed by atoms with van der Waals surface area (Å²) in [5.41, 5.74) is -0.439. The minimum absolute atomic E-state index is 0.0712. The van der Waals surface area contributed by atoms with Crippen LogP contribution in [-0.2, 0) is 5.60 Å². The number of hydrogen-bond acceptors (Lipinski definition) is 3. The topological polar surface area (TPSA) is 41.5 Å². The molecule has 1 fully saturated rings. The molecule has 0 amide bonds. The van der Waals surface area contributed by atoms with E-state index in [-0.39, 0.29) is 11.7 Å². The lowest BCUT2D eigenvalue weighted by Gasteiger charge is -2.41. The van der Waals surface area contributed by atoms with Gasteiger partial charge < -0.3 is 15.2 Å². The van der Waals surface area contributed by atoms with Gasteiger partial charge in [-0.3, -0.25) is 0 Å². The van der Waals surface area contributed by atoms with Gasteiger partial charge in [-0.2, -0.15) is 0 Å². The van der Waals surface area contributed by atoms with Crippen molar-refractivity contribution in [3.63, 3.8) is 0 Å². The van der Waals surface area contributed by atoms with Crippen LogP contribution < -0.4 is 10.1 Å². The van der Waals surface area contributed by atoms with Crippen LogP contribution in [0.5, 0.6) is 5.75 Å². The van der Waals surface area contributed by atoms with E-state index in [9.17, 15) is 9.50 Å². The Hall–Kier alpha value is -1.13. The number of nitrogens with one attached hydrogen (secondary N) is 1. The number of methoxy groups -OCH3 is 1. The smallest absolute Gasteiger partial charge is 0.125 e. The van der Waals surface area contributed by atoms with Crippen molar-refractivity contribution in [3.8, 4) is 5.75 Å². The van der Waals surface area contributed by atoms with E-state index in [1.807, 2.05) is 6.92 Å². The second kappa shape index (κ2) is 5.24. The molecule has 2 N–H and O–H groups in total. The van der Waals surface area contributed by atoms with Crippen LogP contribution in [-0.4, -0.2) is 25.3 Å². The first kappa shape index (κ1) is 13.3. The second-order valence-corrected chi connectivity index (χ2v) is 4.83. The van der Waals surface area contributed by atoms with E-state index in [4.69, 9.17) is 4.74 Å². The minimum atomic E-state index is -1.01. The predicted molar refractivity (Wildman–Crippen MR) is 68.1 cm³/mol. The highest BCUT2D eigenvalue weighted by Crippen LogP contribution is 2.41. The third-order valence-corrected chi connectivity index (χ3v) is 3.87. The van der Waals surface area contributed by atoms with Crippen molar-refractivity contribution in [2.75, 3.05) is 20.2 Å². The number of piperidine rings is 1. The first-order chi connectivity index (χ1) is 8.61. The molecule has 2 unspecified atom stereocenters. The molecule has 3 nitrogen and oxygen atoms in total. The standard InChI is InChI=1S/C14H20FNO2/c1-3-10-9-16-7-6-14(10,17)12-8-11(15)4-5-13(12)18-2/h4-5,8,10,16-17H,3,6-7,9H2,1-2H3. The Balaban J connectivity index is 2.46. The average molecular weight is 253 g/mol. The van der Waals surface area contributed by atoms with Gasteiger partial charge in [0.1, 0.15) is 11.6 Å². The Labute approximate surface area is 107 Å². The quantitative estimate of drug-likeness (QED) is 0.866.